The molecule has 0 spiro atoms. The van der Waals surface area contributed by atoms with Crippen LogP contribution in [0.2, 0.25) is 0 Å². The number of para-hydroxylation sites is 2. The number of phenols is 1. The standard InChI is InChI=1S/2C24H34O5S.Ca/c2*1-2-3-4-5-6-7-8-9-10-12-15-20-18-19-22(25)24(30(26,27)28)23(20)29-21-16-13-11-14-17-21;/h2*11,13-14,16-19,25H,2-10,12,15H2,1H3,(H,26,27,28);/q;;+2/p-2. The molecule has 0 bridgehead atoms. The number of aromatic hydroxyl groups is 1. The first-order valence-electron chi connectivity index (χ1n) is 21.9. The molecule has 0 aliphatic rings. The third-order valence-corrected chi connectivity index (χ3v) is 12.2. The molecule has 4 aromatic carbocycles. The van der Waals surface area contributed by atoms with Crippen LogP contribution in [0.15, 0.2) is 94.7 Å². The molecule has 13 heteroatoms. The smallest absolute Gasteiger partial charge is 0.872 e. The number of aryl methyl sites for hydroxylation is 2. The van der Waals surface area contributed by atoms with Gasteiger partial charge in [0.1, 0.15) is 33.1 Å². The molecular formula is C48H66CaO10S2. The van der Waals surface area contributed by atoms with Gasteiger partial charge < -0.3 is 24.2 Å². The minimum Gasteiger partial charge on any atom is -0.872 e. The molecule has 0 aliphatic heterocycles. The fourth-order valence-corrected chi connectivity index (χ4v) is 8.55. The molecule has 10 nitrogen and oxygen atoms in total. The van der Waals surface area contributed by atoms with Crippen molar-refractivity contribution in [3.8, 4) is 34.5 Å². The van der Waals surface area contributed by atoms with E-state index in [4.69, 9.17) is 9.47 Å². The first kappa shape index (κ1) is 54.3. The molecule has 0 saturated heterocycles. The number of hydrogen-bond donors (Lipinski definition) is 2. The van der Waals surface area contributed by atoms with Crippen molar-refractivity contribution in [3.05, 3.63) is 96.1 Å². The zero-order valence-corrected chi connectivity index (χ0v) is 40.2. The Labute approximate surface area is 396 Å². The predicted octanol–water partition coefficient (Wildman–Crippen LogP) is 12.4. The van der Waals surface area contributed by atoms with Crippen LogP contribution in [0.1, 0.15) is 153 Å². The normalized spacial score (nSPS) is 11.3. The van der Waals surface area contributed by atoms with Crippen molar-refractivity contribution in [2.45, 2.75) is 165 Å². The van der Waals surface area contributed by atoms with Gasteiger partial charge in [0.2, 0.25) is 0 Å². The van der Waals surface area contributed by atoms with Crippen LogP contribution < -0.4 is 14.6 Å². The average Bonchev–Trinajstić information content (AvgIpc) is 3.21. The average molecular weight is 907 g/mol. The molecule has 4 rings (SSSR count). The topological polar surface area (TPSA) is 173 Å². The second-order valence-corrected chi connectivity index (χ2v) is 18.1. The van der Waals surface area contributed by atoms with Crippen LogP contribution in [0, 0.1) is 0 Å². The number of rotatable bonds is 28. The Hall–Kier alpha value is -2.84. The quantitative estimate of drug-likeness (QED) is 0.0317. The summed E-state index contributed by atoms with van der Waals surface area (Å²) in [6.45, 7) is 4.44. The van der Waals surface area contributed by atoms with E-state index in [2.05, 4.69) is 13.8 Å². The van der Waals surface area contributed by atoms with Gasteiger partial charge in [0, 0.05) is 0 Å². The zero-order valence-electron chi connectivity index (χ0n) is 36.3. The number of benzene rings is 4. The van der Waals surface area contributed by atoms with Gasteiger partial charge in [-0.05, 0) is 67.1 Å². The molecule has 0 unspecified atom stereocenters. The molecule has 0 atom stereocenters. The van der Waals surface area contributed by atoms with Gasteiger partial charge in [0.05, 0.1) is 4.90 Å². The molecule has 0 aliphatic carbocycles. The van der Waals surface area contributed by atoms with Gasteiger partial charge in [-0.1, -0.05) is 190 Å². The van der Waals surface area contributed by atoms with Crippen molar-refractivity contribution in [2.24, 2.45) is 0 Å². The third kappa shape index (κ3) is 20.9. The monoisotopic (exact) mass is 906 g/mol. The van der Waals surface area contributed by atoms with Crippen molar-refractivity contribution >= 4 is 58.0 Å². The molecule has 0 radical (unpaired) electrons. The molecule has 0 fully saturated rings. The van der Waals surface area contributed by atoms with Gasteiger partial charge in [-0.2, -0.15) is 8.42 Å². The van der Waals surface area contributed by atoms with Crippen LogP contribution in [0.3, 0.4) is 0 Å². The van der Waals surface area contributed by atoms with Gasteiger partial charge in [-0.25, -0.2) is 8.42 Å². The van der Waals surface area contributed by atoms with Gasteiger partial charge >= 0.3 is 47.9 Å². The Morgan fingerprint density at radius 3 is 1.20 bits per heavy atom. The first-order valence-corrected chi connectivity index (χ1v) is 24.8. The van der Waals surface area contributed by atoms with Crippen molar-refractivity contribution < 1.29 is 45.6 Å². The third-order valence-electron chi connectivity index (χ3n) is 10.4. The van der Waals surface area contributed by atoms with E-state index < -0.39 is 41.5 Å². The van der Waals surface area contributed by atoms with Gasteiger partial charge in [-0.3, -0.25) is 4.55 Å². The van der Waals surface area contributed by atoms with Crippen LogP contribution in [0.4, 0.5) is 0 Å². The summed E-state index contributed by atoms with van der Waals surface area (Å²) in [5.41, 5.74) is 1.23. The predicted molar refractivity (Wildman–Crippen MR) is 242 cm³/mol. The van der Waals surface area contributed by atoms with Gasteiger partial charge in [0.15, 0.2) is 10.6 Å². The second kappa shape index (κ2) is 30.3. The molecule has 332 valence electrons. The van der Waals surface area contributed by atoms with Crippen LogP contribution in [-0.2, 0) is 33.1 Å². The molecule has 0 amide bonds. The van der Waals surface area contributed by atoms with E-state index >= 15 is 0 Å². The number of ether oxygens (including phenoxy) is 2. The summed E-state index contributed by atoms with van der Waals surface area (Å²) >= 11 is 0. The van der Waals surface area contributed by atoms with Crippen LogP contribution in [-0.4, -0.2) is 68.8 Å². The summed E-state index contributed by atoms with van der Waals surface area (Å²) in [7, 11) is -9.58. The SMILES string of the molecule is CCCCCCCCCCCCc1ccc(O)c(S(=O)(=O)O)c1Oc1ccccc1.CCCCCCCCCCCCc1ccc([O-])c(S(=O)(=O)[O-])c1Oc1ccccc1.[Ca+2]. The Bertz CT molecular complexity index is 1880. The fourth-order valence-electron chi connectivity index (χ4n) is 7.10. The Balaban J connectivity index is 0.000000413. The van der Waals surface area contributed by atoms with E-state index in [0.717, 1.165) is 44.6 Å². The maximum atomic E-state index is 12.1. The minimum atomic E-state index is -4.95. The molecule has 0 heterocycles. The van der Waals surface area contributed by atoms with E-state index in [-0.39, 0.29) is 49.2 Å². The van der Waals surface area contributed by atoms with Crippen LogP contribution in [0.5, 0.6) is 34.5 Å². The zero-order chi connectivity index (χ0) is 43.6. The van der Waals surface area contributed by atoms with E-state index in [1.165, 1.54) is 96.0 Å². The summed E-state index contributed by atoms with van der Waals surface area (Å²) in [6.07, 6.45) is 25.2. The van der Waals surface area contributed by atoms with Crippen molar-refractivity contribution in [1.29, 1.82) is 0 Å². The summed E-state index contributed by atoms with van der Waals surface area (Å²) in [5.74, 6) is -0.646. The molecule has 2 N–H and O–H groups in total. The van der Waals surface area contributed by atoms with Gasteiger partial charge in [-0.15, -0.1) is 0 Å². The van der Waals surface area contributed by atoms with Crippen LogP contribution >= 0.6 is 0 Å². The Kier molecular flexibility index (Phi) is 27.0. The summed E-state index contributed by atoms with van der Waals surface area (Å²) in [5, 5.41) is 22.2. The number of phenolic OH excluding ortho intramolecular Hbond substituents is 1. The largest absolute Gasteiger partial charge is 2.00 e. The number of unbranched alkanes of at least 4 members (excludes halogenated alkanes) is 18. The van der Waals surface area contributed by atoms with Crippen molar-refractivity contribution in [1.82, 2.24) is 0 Å². The van der Waals surface area contributed by atoms with E-state index in [9.17, 15) is 36.2 Å². The van der Waals surface area contributed by atoms with Gasteiger partial charge in [0.25, 0.3) is 0 Å². The first-order chi connectivity index (χ1) is 28.9. The fraction of sp³-hybridized carbons (Fsp3) is 0.500. The van der Waals surface area contributed by atoms with E-state index in [0.29, 0.717) is 35.5 Å². The summed E-state index contributed by atoms with van der Waals surface area (Å²) in [4.78, 5) is -1.37. The molecule has 0 saturated carbocycles. The second-order valence-electron chi connectivity index (χ2n) is 15.4. The van der Waals surface area contributed by atoms with Crippen molar-refractivity contribution in [3.63, 3.8) is 0 Å². The number of hydrogen-bond acceptors (Lipinski definition) is 9. The van der Waals surface area contributed by atoms with E-state index in [1.807, 2.05) is 6.07 Å². The Morgan fingerprint density at radius 2 is 0.836 bits per heavy atom. The maximum absolute atomic E-state index is 12.1. The Morgan fingerprint density at radius 1 is 0.492 bits per heavy atom. The molecule has 4 aromatic rings. The van der Waals surface area contributed by atoms with Crippen LogP contribution in [0.25, 0.3) is 0 Å². The van der Waals surface area contributed by atoms with E-state index in [1.54, 1.807) is 66.7 Å². The maximum Gasteiger partial charge on any atom is 2.00 e. The molecule has 61 heavy (non-hydrogen) atoms. The summed E-state index contributed by atoms with van der Waals surface area (Å²) < 4.78 is 80.1. The molecular weight excluding hydrogens is 841 g/mol. The summed E-state index contributed by atoms with van der Waals surface area (Å²) in [6, 6.07) is 23.0. The minimum absolute atomic E-state index is 0. The van der Waals surface area contributed by atoms with Crippen molar-refractivity contribution in [2.75, 3.05) is 0 Å². The molecule has 0 aromatic heterocycles.